The van der Waals surface area contributed by atoms with Gasteiger partial charge >= 0.3 is 0 Å². The highest BCUT2D eigenvalue weighted by Gasteiger charge is 2.18. The Morgan fingerprint density at radius 3 is 2.84 bits per heavy atom. The molecule has 5 nitrogen and oxygen atoms in total. The zero-order valence-electron chi connectivity index (χ0n) is 13.4. The minimum absolute atomic E-state index is 0.278. The number of nitrogens with zero attached hydrogens (tertiary/aromatic N) is 2. The fourth-order valence-electron chi connectivity index (χ4n) is 2.89. The number of hydrogen-bond donors (Lipinski definition) is 1. The Morgan fingerprint density at radius 2 is 2.12 bits per heavy atom. The second kappa shape index (κ2) is 6.68. The lowest BCUT2D eigenvalue weighted by Gasteiger charge is -2.18. The van der Waals surface area contributed by atoms with E-state index in [-0.39, 0.29) is 17.4 Å². The van der Waals surface area contributed by atoms with Gasteiger partial charge in [-0.15, -0.1) is 11.3 Å². The van der Waals surface area contributed by atoms with Crippen molar-refractivity contribution in [1.82, 2.24) is 4.98 Å². The van der Waals surface area contributed by atoms with Crippen molar-refractivity contribution in [3.05, 3.63) is 53.5 Å². The van der Waals surface area contributed by atoms with Gasteiger partial charge in [-0.3, -0.25) is 4.79 Å². The highest BCUT2D eigenvalue weighted by atomic mass is 32.1. The van der Waals surface area contributed by atoms with Crippen molar-refractivity contribution in [2.75, 3.05) is 23.3 Å². The minimum atomic E-state index is -0.373. The fourth-order valence-corrected chi connectivity index (χ4v) is 3.65. The molecule has 1 N–H and O–H groups in total. The number of rotatable bonds is 4. The zero-order chi connectivity index (χ0) is 17.2. The van der Waals surface area contributed by atoms with Crippen LogP contribution in [-0.2, 0) is 0 Å². The molecule has 0 saturated carbocycles. The Kier molecular flexibility index (Phi) is 4.23. The van der Waals surface area contributed by atoms with Gasteiger partial charge in [0.25, 0.3) is 5.91 Å². The van der Waals surface area contributed by atoms with Crippen molar-refractivity contribution in [1.29, 1.82) is 0 Å². The lowest BCUT2D eigenvalue weighted by atomic mass is 10.2. The van der Waals surface area contributed by atoms with Gasteiger partial charge in [-0.1, -0.05) is 0 Å². The number of amides is 1. The minimum Gasteiger partial charge on any atom is -0.462 e. The van der Waals surface area contributed by atoms with Gasteiger partial charge in [-0.2, -0.15) is 0 Å². The third-order valence-electron chi connectivity index (χ3n) is 4.12. The number of hydrogen-bond acceptors (Lipinski definition) is 5. The third kappa shape index (κ3) is 3.28. The smallest absolute Gasteiger partial charge is 0.275 e. The van der Waals surface area contributed by atoms with Gasteiger partial charge in [0.1, 0.15) is 11.5 Å². The zero-order valence-corrected chi connectivity index (χ0v) is 14.2. The summed E-state index contributed by atoms with van der Waals surface area (Å²) >= 11 is 1.32. The van der Waals surface area contributed by atoms with Crippen LogP contribution < -0.4 is 10.2 Å². The van der Waals surface area contributed by atoms with Crippen LogP contribution in [0, 0.1) is 5.82 Å². The quantitative estimate of drug-likeness (QED) is 0.752. The molecule has 25 heavy (non-hydrogen) atoms. The highest BCUT2D eigenvalue weighted by molar-refractivity contribution is 7.13. The van der Waals surface area contributed by atoms with Crippen LogP contribution in [-0.4, -0.2) is 24.0 Å². The predicted octanol–water partition coefficient (Wildman–Crippen LogP) is 4.39. The molecule has 3 aromatic rings. The second-order valence-electron chi connectivity index (χ2n) is 5.83. The van der Waals surface area contributed by atoms with Gasteiger partial charge in [-0.05, 0) is 43.2 Å². The number of aromatic nitrogens is 1. The average Bonchev–Trinajstić information content (AvgIpc) is 3.35. The molecule has 1 aromatic carbocycles. The first-order valence-electron chi connectivity index (χ1n) is 8.06. The molecule has 1 aliphatic heterocycles. The van der Waals surface area contributed by atoms with E-state index in [2.05, 4.69) is 10.3 Å². The summed E-state index contributed by atoms with van der Waals surface area (Å²) < 4.78 is 19.6. The van der Waals surface area contributed by atoms with Gasteiger partial charge in [0.2, 0.25) is 0 Å². The molecule has 0 spiro atoms. The molecular weight excluding hydrogens is 341 g/mol. The first-order chi connectivity index (χ1) is 12.2. The van der Waals surface area contributed by atoms with Crippen molar-refractivity contribution in [2.45, 2.75) is 12.8 Å². The van der Waals surface area contributed by atoms with E-state index in [1.54, 1.807) is 35.9 Å². The molecule has 4 rings (SSSR count). The van der Waals surface area contributed by atoms with Crippen LogP contribution >= 0.6 is 11.3 Å². The van der Waals surface area contributed by atoms with E-state index in [1.807, 2.05) is 4.90 Å². The number of furan rings is 1. The SMILES string of the molecule is O=C(Nc1ccc(N2CCCC2)c(F)c1)c1csc(-c2ccco2)n1. The maximum Gasteiger partial charge on any atom is 0.275 e. The maximum absolute atomic E-state index is 14.3. The molecule has 0 unspecified atom stereocenters. The number of thiazole rings is 1. The monoisotopic (exact) mass is 357 g/mol. The van der Waals surface area contributed by atoms with Crippen LogP contribution in [0.5, 0.6) is 0 Å². The van der Waals surface area contributed by atoms with Crippen molar-refractivity contribution in [3.63, 3.8) is 0 Å². The van der Waals surface area contributed by atoms with Gasteiger partial charge in [0.05, 0.1) is 12.0 Å². The van der Waals surface area contributed by atoms with E-state index in [1.165, 1.54) is 17.4 Å². The predicted molar refractivity (Wildman–Crippen MR) is 95.6 cm³/mol. The molecule has 0 atom stereocenters. The van der Waals surface area contributed by atoms with Crippen LogP contribution in [0.2, 0.25) is 0 Å². The molecule has 1 amide bonds. The van der Waals surface area contributed by atoms with Crippen LogP contribution in [0.3, 0.4) is 0 Å². The molecule has 0 aliphatic carbocycles. The number of carbonyl (C=O) groups excluding carboxylic acids is 1. The maximum atomic E-state index is 14.3. The molecule has 128 valence electrons. The summed E-state index contributed by atoms with van der Waals surface area (Å²) in [5, 5.41) is 4.98. The normalized spacial score (nSPS) is 14.0. The summed E-state index contributed by atoms with van der Waals surface area (Å²) in [4.78, 5) is 18.6. The topological polar surface area (TPSA) is 58.4 Å². The Labute approximate surface area is 148 Å². The van der Waals surface area contributed by atoms with E-state index in [9.17, 15) is 9.18 Å². The van der Waals surface area contributed by atoms with E-state index >= 15 is 0 Å². The van der Waals surface area contributed by atoms with Crippen LogP contribution in [0.25, 0.3) is 10.8 Å². The highest BCUT2D eigenvalue weighted by Crippen LogP contribution is 2.27. The number of benzene rings is 1. The van der Waals surface area contributed by atoms with Crippen molar-refractivity contribution < 1.29 is 13.6 Å². The number of nitrogens with one attached hydrogen (secondary N) is 1. The third-order valence-corrected chi connectivity index (χ3v) is 4.98. The molecule has 7 heteroatoms. The fraction of sp³-hybridized carbons (Fsp3) is 0.222. The summed E-state index contributed by atoms with van der Waals surface area (Å²) in [7, 11) is 0. The standard InChI is InChI=1S/C18H16FN3O2S/c19-13-10-12(5-6-15(13)22-7-1-2-8-22)20-17(23)14-11-25-18(21-14)16-4-3-9-24-16/h3-6,9-11H,1-2,7-8H2,(H,20,23). The molecule has 1 saturated heterocycles. The molecule has 1 aliphatic rings. The van der Waals surface area contributed by atoms with Crippen molar-refractivity contribution in [2.24, 2.45) is 0 Å². The van der Waals surface area contributed by atoms with Gasteiger partial charge in [-0.25, -0.2) is 9.37 Å². The van der Waals surface area contributed by atoms with Crippen molar-refractivity contribution >= 4 is 28.6 Å². The Morgan fingerprint density at radius 1 is 1.28 bits per heavy atom. The van der Waals surface area contributed by atoms with Crippen LogP contribution in [0.1, 0.15) is 23.3 Å². The van der Waals surface area contributed by atoms with Crippen LogP contribution in [0.15, 0.2) is 46.4 Å². The average molecular weight is 357 g/mol. The van der Waals surface area contributed by atoms with E-state index in [0.717, 1.165) is 25.9 Å². The second-order valence-corrected chi connectivity index (χ2v) is 6.69. The van der Waals surface area contributed by atoms with Gasteiger partial charge in [0.15, 0.2) is 10.8 Å². The summed E-state index contributed by atoms with van der Waals surface area (Å²) in [6, 6.07) is 8.33. The number of anilines is 2. The van der Waals surface area contributed by atoms with E-state index < -0.39 is 0 Å². The molecule has 1 fully saturated rings. The largest absolute Gasteiger partial charge is 0.462 e. The van der Waals surface area contributed by atoms with E-state index in [4.69, 9.17) is 4.42 Å². The van der Waals surface area contributed by atoms with Crippen molar-refractivity contribution in [3.8, 4) is 10.8 Å². The molecule has 0 radical (unpaired) electrons. The summed E-state index contributed by atoms with van der Waals surface area (Å²) in [5.41, 5.74) is 1.28. The molecule has 3 heterocycles. The summed E-state index contributed by atoms with van der Waals surface area (Å²) in [5.74, 6) is -0.0818. The van der Waals surface area contributed by atoms with Gasteiger partial charge in [0, 0.05) is 24.2 Å². The first kappa shape index (κ1) is 15.8. The Hall–Kier alpha value is -2.67. The van der Waals surface area contributed by atoms with E-state index in [0.29, 0.717) is 22.1 Å². The lowest BCUT2D eigenvalue weighted by molar-refractivity contribution is 0.102. The molecular formula is C18H16FN3O2S. The Balaban J connectivity index is 1.48. The van der Waals surface area contributed by atoms with Gasteiger partial charge < -0.3 is 14.6 Å². The summed E-state index contributed by atoms with van der Waals surface area (Å²) in [6.07, 6.45) is 3.72. The lowest BCUT2D eigenvalue weighted by Crippen LogP contribution is -2.19. The molecule has 2 aromatic heterocycles. The number of carbonyl (C=O) groups is 1. The Bertz CT molecular complexity index is 886. The molecule has 0 bridgehead atoms. The van der Waals surface area contributed by atoms with Crippen LogP contribution in [0.4, 0.5) is 15.8 Å². The first-order valence-corrected chi connectivity index (χ1v) is 8.94. The summed E-state index contributed by atoms with van der Waals surface area (Å²) in [6.45, 7) is 1.74. The number of halogens is 1.